The number of carboxylic acids is 1. The molecule has 34 heavy (non-hydrogen) atoms. The Kier molecular flexibility index (Phi) is 6.09. The van der Waals surface area contributed by atoms with Crippen LogP contribution in [0.4, 0.5) is 0 Å². The highest BCUT2D eigenvalue weighted by Gasteiger charge is 2.44. The Morgan fingerprint density at radius 1 is 1.24 bits per heavy atom. The van der Waals surface area contributed by atoms with Gasteiger partial charge >= 0.3 is 5.97 Å². The summed E-state index contributed by atoms with van der Waals surface area (Å²) in [6.07, 6.45) is 2.49. The number of hydrogen-bond acceptors (Lipinski definition) is 7. The van der Waals surface area contributed by atoms with Crippen molar-refractivity contribution in [2.75, 3.05) is 6.54 Å². The molecule has 0 bridgehead atoms. The van der Waals surface area contributed by atoms with E-state index in [4.69, 9.17) is 20.7 Å². The third-order valence-corrected chi connectivity index (χ3v) is 5.61. The van der Waals surface area contributed by atoms with Crippen molar-refractivity contribution in [2.24, 2.45) is 11.7 Å². The van der Waals surface area contributed by atoms with Crippen LogP contribution in [0.3, 0.4) is 0 Å². The molecule has 2 atom stereocenters. The summed E-state index contributed by atoms with van der Waals surface area (Å²) < 4.78 is 5.56. The number of likely N-dealkylation sites (tertiary alicyclic amines) is 1. The number of aromatic nitrogens is 1. The largest absolute Gasteiger partial charge is 0.481 e. The number of carboxylic acid groups (broad SMARTS) is 1. The van der Waals surface area contributed by atoms with E-state index in [1.54, 1.807) is 24.3 Å². The van der Waals surface area contributed by atoms with Gasteiger partial charge in [-0.15, -0.1) is 0 Å². The number of pyridine rings is 1. The Bertz CT molecular complexity index is 1300. The fraction of sp³-hybridized carbons (Fsp3) is 0.217. The van der Waals surface area contributed by atoms with Gasteiger partial charge in [-0.1, -0.05) is 0 Å². The molecule has 1 saturated heterocycles. The number of imide groups is 1. The molecule has 1 fully saturated rings. The van der Waals surface area contributed by atoms with Crippen molar-refractivity contribution < 1.29 is 28.7 Å². The number of nitrogens with one attached hydrogen (secondary N) is 2. The van der Waals surface area contributed by atoms with E-state index in [1.807, 2.05) is 0 Å². The second kappa shape index (κ2) is 9.14. The van der Waals surface area contributed by atoms with Gasteiger partial charge in [0.15, 0.2) is 5.76 Å². The lowest BCUT2D eigenvalue weighted by Crippen LogP contribution is -2.45. The zero-order chi connectivity index (χ0) is 24.4. The number of amidine groups is 1. The highest BCUT2D eigenvalue weighted by atomic mass is 16.4. The highest BCUT2D eigenvalue weighted by Crippen LogP contribution is 2.29. The van der Waals surface area contributed by atoms with Gasteiger partial charge in [-0.3, -0.25) is 34.5 Å². The maximum absolute atomic E-state index is 13.0. The molecule has 5 N–H and O–H groups in total. The first kappa shape index (κ1) is 22.6. The molecule has 1 aliphatic rings. The van der Waals surface area contributed by atoms with E-state index in [0.717, 1.165) is 4.90 Å². The maximum Gasteiger partial charge on any atom is 0.304 e. The van der Waals surface area contributed by atoms with Crippen LogP contribution in [-0.2, 0) is 9.59 Å². The molecule has 3 aromatic rings. The minimum atomic E-state index is -1.15. The first-order chi connectivity index (χ1) is 16.2. The lowest BCUT2D eigenvalue weighted by Gasteiger charge is -2.23. The van der Waals surface area contributed by atoms with Gasteiger partial charge in [-0.05, 0) is 42.8 Å². The van der Waals surface area contributed by atoms with Crippen molar-refractivity contribution in [3.8, 4) is 0 Å². The van der Waals surface area contributed by atoms with Gasteiger partial charge in [0.25, 0.3) is 11.8 Å². The van der Waals surface area contributed by atoms with Crippen LogP contribution in [0.1, 0.15) is 39.3 Å². The SMILES string of the molecule is N=C(N)c1ccc2oc(C(=O)NCC3CC(CC(=O)O)C(=O)N3C(=O)c3cccnc3)cc2c1. The summed E-state index contributed by atoms with van der Waals surface area (Å²) >= 11 is 0. The third kappa shape index (κ3) is 4.49. The zero-order valence-corrected chi connectivity index (χ0v) is 17.9. The number of amides is 3. The average molecular weight is 463 g/mol. The van der Waals surface area contributed by atoms with E-state index in [1.165, 1.54) is 24.5 Å². The monoisotopic (exact) mass is 463 g/mol. The summed E-state index contributed by atoms with van der Waals surface area (Å²) in [6.45, 7) is -0.0809. The van der Waals surface area contributed by atoms with Crippen LogP contribution in [0.2, 0.25) is 0 Å². The number of carbonyl (C=O) groups excluding carboxylic acids is 3. The molecule has 11 heteroatoms. The minimum absolute atomic E-state index is 0.00671. The van der Waals surface area contributed by atoms with Crippen molar-refractivity contribution in [1.29, 1.82) is 5.41 Å². The Morgan fingerprint density at radius 2 is 2.03 bits per heavy atom. The van der Waals surface area contributed by atoms with Gasteiger partial charge in [-0.25, -0.2) is 0 Å². The number of carbonyl (C=O) groups is 4. The van der Waals surface area contributed by atoms with Gasteiger partial charge < -0.3 is 20.6 Å². The second-order valence-electron chi connectivity index (χ2n) is 7.93. The fourth-order valence-electron chi connectivity index (χ4n) is 3.98. The van der Waals surface area contributed by atoms with E-state index in [2.05, 4.69) is 10.3 Å². The number of hydrogen-bond donors (Lipinski definition) is 4. The second-order valence-corrected chi connectivity index (χ2v) is 7.93. The molecule has 2 unspecified atom stereocenters. The molecule has 0 saturated carbocycles. The van der Waals surface area contributed by atoms with Crippen molar-refractivity contribution >= 4 is 40.5 Å². The Morgan fingerprint density at radius 3 is 2.71 bits per heavy atom. The molecule has 2 aromatic heterocycles. The molecule has 174 valence electrons. The zero-order valence-electron chi connectivity index (χ0n) is 17.9. The molecule has 0 spiro atoms. The normalized spacial score (nSPS) is 17.6. The Hall–Kier alpha value is -4.54. The summed E-state index contributed by atoms with van der Waals surface area (Å²) in [5.41, 5.74) is 6.59. The third-order valence-electron chi connectivity index (χ3n) is 5.61. The summed E-state index contributed by atoms with van der Waals surface area (Å²) in [5, 5.41) is 19.9. The van der Waals surface area contributed by atoms with Crippen LogP contribution >= 0.6 is 0 Å². The molecule has 1 aliphatic heterocycles. The fourth-order valence-corrected chi connectivity index (χ4v) is 3.98. The summed E-state index contributed by atoms with van der Waals surface area (Å²) in [6, 6.07) is 8.65. The lowest BCUT2D eigenvalue weighted by atomic mass is 10.0. The van der Waals surface area contributed by atoms with Crippen molar-refractivity contribution in [1.82, 2.24) is 15.2 Å². The van der Waals surface area contributed by atoms with Crippen molar-refractivity contribution in [3.05, 3.63) is 65.7 Å². The van der Waals surface area contributed by atoms with E-state index >= 15 is 0 Å². The Balaban J connectivity index is 1.52. The number of rotatable bonds is 7. The first-order valence-electron chi connectivity index (χ1n) is 10.4. The van der Waals surface area contributed by atoms with Gasteiger partial charge in [0.2, 0.25) is 5.91 Å². The quantitative estimate of drug-likeness (QED) is 0.230. The smallest absolute Gasteiger partial charge is 0.304 e. The molecule has 11 nitrogen and oxygen atoms in total. The average Bonchev–Trinajstić information content (AvgIpc) is 3.37. The highest BCUT2D eigenvalue weighted by molar-refractivity contribution is 6.07. The van der Waals surface area contributed by atoms with Crippen LogP contribution < -0.4 is 11.1 Å². The predicted octanol–water partition coefficient (Wildman–Crippen LogP) is 1.37. The van der Waals surface area contributed by atoms with Crippen molar-refractivity contribution in [2.45, 2.75) is 18.9 Å². The topological polar surface area (TPSA) is 180 Å². The van der Waals surface area contributed by atoms with Crippen LogP contribution in [0, 0.1) is 11.3 Å². The number of fused-ring (bicyclic) bond motifs is 1. The van der Waals surface area contributed by atoms with E-state index in [-0.39, 0.29) is 30.1 Å². The van der Waals surface area contributed by atoms with Gasteiger partial charge in [0.05, 0.1) is 23.9 Å². The standard InChI is InChI=1S/C23H21N5O6/c24-20(25)12-3-4-17-14(6-12)8-18(34-17)21(31)27-11-16-7-15(9-19(29)30)23(33)28(16)22(32)13-2-1-5-26-10-13/h1-6,8,10,15-16H,7,9,11H2,(H3,24,25)(H,27,31)(H,29,30). The molecular weight excluding hydrogens is 442 g/mol. The van der Waals surface area contributed by atoms with Gasteiger partial charge in [0.1, 0.15) is 11.4 Å². The molecule has 0 aliphatic carbocycles. The molecule has 1 aromatic carbocycles. The molecule has 3 heterocycles. The summed E-state index contributed by atoms with van der Waals surface area (Å²) in [5.74, 6) is -3.91. The van der Waals surface area contributed by atoms with Gasteiger partial charge in [-0.2, -0.15) is 0 Å². The number of benzene rings is 1. The number of furan rings is 1. The lowest BCUT2D eigenvalue weighted by molar-refractivity contribution is -0.141. The first-order valence-corrected chi connectivity index (χ1v) is 10.4. The molecular formula is C23H21N5O6. The Labute approximate surface area is 193 Å². The van der Waals surface area contributed by atoms with Crippen LogP contribution in [-0.4, -0.2) is 57.1 Å². The van der Waals surface area contributed by atoms with Gasteiger partial charge in [0, 0.05) is 29.9 Å². The number of aliphatic carboxylic acids is 1. The number of nitrogen functional groups attached to an aromatic ring is 1. The van der Waals surface area contributed by atoms with Crippen molar-refractivity contribution in [3.63, 3.8) is 0 Å². The van der Waals surface area contributed by atoms with Crippen LogP contribution in [0.15, 0.2) is 53.2 Å². The summed E-state index contributed by atoms with van der Waals surface area (Å²) in [7, 11) is 0. The predicted molar refractivity (Wildman–Crippen MR) is 119 cm³/mol. The molecule has 0 radical (unpaired) electrons. The van der Waals surface area contributed by atoms with Crippen LogP contribution in [0.5, 0.6) is 0 Å². The molecule has 4 rings (SSSR count). The number of nitrogens with zero attached hydrogens (tertiary/aromatic N) is 2. The van der Waals surface area contributed by atoms with E-state index < -0.39 is 42.1 Å². The summed E-state index contributed by atoms with van der Waals surface area (Å²) in [4.78, 5) is 54.6. The van der Waals surface area contributed by atoms with E-state index in [9.17, 15) is 19.2 Å². The maximum atomic E-state index is 13.0. The van der Waals surface area contributed by atoms with Crippen LogP contribution in [0.25, 0.3) is 11.0 Å². The number of nitrogens with two attached hydrogens (primary N) is 1. The van der Waals surface area contributed by atoms with E-state index in [0.29, 0.717) is 16.5 Å². The molecule has 3 amide bonds. The minimum Gasteiger partial charge on any atom is -0.481 e.